The Balaban J connectivity index is 1.88. The minimum atomic E-state index is -5.44. The Kier molecular flexibility index (Phi) is 11.7. The molecule has 1 saturated heterocycles. The Morgan fingerprint density at radius 3 is 1.98 bits per heavy atom. The zero-order chi connectivity index (χ0) is 38.2. The predicted octanol–water partition coefficient (Wildman–Crippen LogP) is 7.75. The number of amides is 1. The molecule has 2 heterocycles. The fourth-order valence-electron chi connectivity index (χ4n) is 6.33. The second-order valence-corrected chi connectivity index (χ2v) is 13.1. The lowest BCUT2D eigenvalue weighted by atomic mass is 9.89. The second kappa shape index (κ2) is 15.1. The third-order valence-electron chi connectivity index (χ3n) is 8.80. The molecule has 0 aliphatic carbocycles. The highest BCUT2D eigenvalue weighted by Gasteiger charge is 2.41. The standard InChI is InChI=1S/C35H36F9N3O4/c1-17(2)10-26(47-16-20(6-9-46-7-5-8-46)23(14-27(47)48)34(39,40)41)33(51)45-25(15-28(49)50)30-31(37)22(13-24(32(30)38)35(42,43)44)29-18(3)11-21(36)12-19(29)4/h11-14,16-17,25-26H,5-10,15H2,1-4H3,(H,45,51)(H,49,50). The summed E-state index contributed by atoms with van der Waals surface area (Å²) in [5, 5.41) is 11.8. The number of carboxylic acid groups (broad SMARTS) is 1. The smallest absolute Gasteiger partial charge is 0.419 e. The van der Waals surface area contributed by atoms with Gasteiger partial charge in [0.05, 0.1) is 23.6 Å². The Labute approximate surface area is 287 Å². The molecule has 1 aliphatic heterocycles. The van der Waals surface area contributed by atoms with Gasteiger partial charge in [-0.15, -0.1) is 0 Å². The van der Waals surface area contributed by atoms with Crippen molar-refractivity contribution in [1.82, 2.24) is 14.8 Å². The van der Waals surface area contributed by atoms with E-state index in [4.69, 9.17) is 0 Å². The molecule has 1 aromatic heterocycles. The number of benzene rings is 2. The quantitative estimate of drug-likeness (QED) is 0.186. The summed E-state index contributed by atoms with van der Waals surface area (Å²) in [5.74, 6) is -8.17. The van der Waals surface area contributed by atoms with Gasteiger partial charge in [-0.05, 0) is 92.6 Å². The van der Waals surface area contributed by atoms with E-state index in [1.807, 2.05) is 4.90 Å². The molecule has 7 nitrogen and oxygen atoms in total. The molecule has 51 heavy (non-hydrogen) atoms. The maximum atomic E-state index is 16.4. The van der Waals surface area contributed by atoms with Crippen LogP contribution in [0.3, 0.4) is 0 Å². The molecule has 2 unspecified atom stereocenters. The van der Waals surface area contributed by atoms with Gasteiger partial charge in [-0.2, -0.15) is 26.3 Å². The van der Waals surface area contributed by atoms with Crippen LogP contribution in [0, 0.1) is 37.2 Å². The zero-order valence-corrected chi connectivity index (χ0v) is 28.0. The van der Waals surface area contributed by atoms with E-state index >= 15 is 8.78 Å². The molecule has 1 fully saturated rings. The maximum absolute atomic E-state index is 16.4. The fourth-order valence-corrected chi connectivity index (χ4v) is 6.33. The monoisotopic (exact) mass is 733 g/mol. The molecular weight excluding hydrogens is 697 g/mol. The maximum Gasteiger partial charge on any atom is 0.419 e. The van der Waals surface area contributed by atoms with Gasteiger partial charge in [-0.25, -0.2) is 13.2 Å². The number of pyridine rings is 1. The molecule has 0 saturated carbocycles. The van der Waals surface area contributed by atoms with Gasteiger partial charge in [0.2, 0.25) is 5.91 Å². The first-order valence-corrected chi connectivity index (χ1v) is 16.0. The number of aromatic nitrogens is 1. The molecule has 2 aromatic carbocycles. The van der Waals surface area contributed by atoms with Crippen LogP contribution in [-0.2, 0) is 28.4 Å². The fraction of sp³-hybridized carbons (Fsp3) is 0.457. The highest BCUT2D eigenvalue weighted by atomic mass is 19.4. The van der Waals surface area contributed by atoms with E-state index in [9.17, 15) is 50.2 Å². The van der Waals surface area contributed by atoms with Crippen molar-refractivity contribution in [2.45, 2.75) is 77.8 Å². The summed E-state index contributed by atoms with van der Waals surface area (Å²) in [7, 11) is 0. The first kappa shape index (κ1) is 39.4. The lowest BCUT2D eigenvalue weighted by Crippen LogP contribution is -2.41. The van der Waals surface area contributed by atoms with Gasteiger partial charge in [0.1, 0.15) is 23.5 Å². The number of rotatable bonds is 12. The van der Waals surface area contributed by atoms with Crippen LogP contribution in [0.4, 0.5) is 39.5 Å². The van der Waals surface area contributed by atoms with Crippen LogP contribution in [0.15, 0.2) is 35.3 Å². The molecule has 3 aromatic rings. The van der Waals surface area contributed by atoms with E-state index < -0.39 is 93.9 Å². The molecule has 0 spiro atoms. The zero-order valence-electron chi connectivity index (χ0n) is 28.0. The molecule has 1 aliphatic rings. The number of halogens is 9. The van der Waals surface area contributed by atoms with Crippen molar-refractivity contribution in [3.63, 3.8) is 0 Å². The van der Waals surface area contributed by atoms with Gasteiger partial charge in [-0.3, -0.25) is 14.4 Å². The van der Waals surface area contributed by atoms with Gasteiger partial charge in [-0.1, -0.05) is 13.8 Å². The predicted molar refractivity (Wildman–Crippen MR) is 168 cm³/mol. The highest BCUT2D eigenvalue weighted by molar-refractivity contribution is 5.82. The summed E-state index contributed by atoms with van der Waals surface area (Å²) in [4.78, 5) is 40.9. The number of hydrogen-bond acceptors (Lipinski definition) is 4. The van der Waals surface area contributed by atoms with E-state index in [1.54, 1.807) is 13.8 Å². The number of carboxylic acids is 1. The van der Waals surface area contributed by atoms with Gasteiger partial charge < -0.3 is 19.9 Å². The minimum absolute atomic E-state index is 0.0282. The van der Waals surface area contributed by atoms with E-state index in [0.717, 1.165) is 24.8 Å². The molecule has 1 amide bonds. The number of carbonyl (C=O) groups is 2. The largest absolute Gasteiger partial charge is 0.481 e. The summed E-state index contributed by atoms with van der Waals surface area (Å²) in [5.41, 5.74) is -7.39. The summed E-state index contributed by atoms with van der Waals surface area (Å²) >= 11 is 0. The summed E-state index contributed by atoms with van der Waals surface area (Å²) < 4.78 is 131. The van der Waals surface area contributed by atoms with Gasteiger partial charge in [0, 0.05) is 29.9 Å². The van der Waals surface area contributed by atoms with E-state index in [0.29, 0.717) is 23.7 Å². The van der Waals surface area contributed by atoms with Crippen LogP contribution >= 0.6 is 0 Å². The minimum Gasteiger partial charge on any atom is -0.481 e. The van der Waals surface area contributed by atoms with Crippen molar-refractivity contribution in [3.8, 4) is 11.1 Å². The molecule has 2 atom stereocenters. The van der Waals surface area contributed by atoms with Gasteiger partial charge >= 0.3 is 18.3 Å². The first-order chi connectivity index (χ1) is 23.6. The Hall–Kier alpha value is -4.34. The first-order valence-electron chi connectivity index (χ1n) is 16.0. The molecule has 4 rings (SSSR count). The van der Waals surface area contributed by atoms with Crippen LogP contribution in [0.1, 0.15) is 78.6 Å². The summed E-state index contributed by atoms with van der Waals surface area (Å²) in [6.45, 7) is 7.28. The second-order valence-electron chi connectivity index (χ2n) is 13.1. The van der Waals surface area contributed by atoms with Crippen LogP contribution in [0.5, 0.6) is 0 Å². The summed E-state index contributed by atoms with van der Waals surface area (Å²) in [6, 6.07) is -1.66. The van der Waals surface area contributed by atoms with Crippen LogP contribution in [-0.4, -0.2) is 46.1 Å². The van der Waals surface area contributed by atoms with Crippen molar-refractivity contribution in [1.29, 1.82) is 0 Å². The third kappa shape index (κ3) is 8.94. The topological polar surface area (TPSA) is 91.6 Å². The number of hydrogen-bond donors (Lipinski definition) is 2. The normalized spacial score (nSPS) is 15.1. The van der Waals surface area contributed by atoms with Crippen LogP contribution in [0.25, 0.3) is 11.1 Å². The molecular formula is C35H36F9N3O4. The SMILES string of the molecule is Cc1cc(F)cc(C)c1-c1cc(C(F)(F)F)c(F)c(C(CC(=O)O)NC(=O)C(CC(C)C)n2cc(CCN3CCC3)c(C(F)(F)F)cc2=O)c1F. The van der Waals surface area contributed by atoms with Crippen molar-refractivity contribution in [2.75, 3.05) is 19.6 Å². The van der Waals surface area contributed by atoms with Crippen molar-refractivity contribution in [2.24, 2.45) is 5.92 Å². The van der Waals surface area contributed by atoms with E-state index in [1.165, 1.54) is 13.8 Å². The highest BCUT2D eigenvalue weighted by Crippen LogP contribution is 2.42. The van der Waals surface area contributed by atoms with Crippen molar-refractivity contribution in [3.05, 3.63) is 91.6 Å². The lowest BCUT2D eigenvalue weighted by Gasteiger charge is -2.31. The number of likely N-dealkylation sites (tertiary alicyclic amines) is 1. The number of carbonyl (C=O) groups excluding carboxylic acids is 1. The average Bonchev–Trinajstić information content (AvgIpc) is 2.94. The molecule has 278 valence electrons. The Bertz CT molecular complexity index is 1840. The average molecular weight is 734 g/mol. The number of nitrogens with one attached hydrogen (secondary N) is 1. The number of nitrogens with zero attached hydrogens (tertiary/aromatic N) is 2. The number of aliphatic carboxylic acids is 1. The number of alkyl halides is 6. The molecule has 0 radical (unpaired) electrons. The van der Waals surface area contributed by atoms with E-state index in [-0.39, 0.29) is 47.7 Å². The Morgan fingerprint density at radius 1 is 0.902 bits per heavy atom. The van der Waals surface area contributed by atoms with Crippen molar-refractivity contribution >= 4 is 11.9 Å². The van der Waals surface area contributed by atoms with Crippen LogP contribution in [0.2, 0.25) is 0 Å². The van der Waals surface area contributed by atoms with E-state index in [2.05, 4.69) is 5.32 Å². The Morgan fingerprint density at radius 2 is 1.49 bits per heavy atom. The third-order valence-corrected chi connectivity index (χ3v) is 8.80. The lowest BCUT2D eigenvalue weighted by molar-refractivity contribution is -0.140. The van der Waals surface area contributed by atoms with Gasteiger partial charge in [0.25, 0.3) is 5.56 Å². The summed E-state index contributed by atoms with van der Waals surface area (Å²) in [6.07, 6.45) is -10.4. The van der Waals surface area contributed by atoms with Crippen molar-refractivity contribution < 1.29 is 54.2 Å². The van der Waals surface area contributed by atoms with Crippen LogP contribution < -0.4 is 10.9 Å². The number of aryl methyl sites for hydroxylation is 2. The van der Waals surface area contributed by atoms with Gasteiger partial charge in [0.15, 0.2) is 0 Å². The molecule has 0 bridgehead atoms. The molecule has 16 heteroatoms. The molecule has 2 N–H and O–H groups in total.